The largest absolute Gasteiger partial charge is 0.348 e. The van der Waals surface area contributed by atoms with E-state index >= 15 is 0 Å². The Bertz CT molecular complexity index is 1300. The lowest BCUT2D eigenvalue weighted by Gasteiger charge is -2.11. The number of carbonyl (C=O) groups is 2. The topological polar surface area (TPSA) is 115 Å². The number of thiazole rings is 1. The summed E-state index contributed by atoms with van der Waals surface area (Å²) in [5.41, 5.74) is 3.41. The number of fused-ring (bicyclic) bond motifs is 2. The highest BCUT2D eigenvalue weighted by Gasteiger charge is 2.25. The zero-order chi connectivity index (χ0) is 22.2. The molecule has 2 N–H and O–H groups in total. The normalized spacial score (nSPS) is 14.3. The van der Waals surface area contributed by atoms with Gasteiger partial charge in [-0.2, -0.15) is 5.10 Å². The minimum Gasteiger partial charge on any atom is -0.348 e. The van der Waals surface area contributed by atoms with Crippen molar-refractivity contribution in [2.24, 2.45) is 7.05 Å². The lowest BCUT2D eigenvalue weighted by Crippen LogP contribution is -2.34. The number of hydrogen-bond acceptors (Lipinski definition) is 7. The Kier molecular flexibility index (Phi) is 5.14. The Morgan fingerprint density at radius 2 is 1.84 bits per heavy atom. The van der Waals surface area contributed by atoms with Crippen LogP contribution in [0.5, 0.6) is 0 Å². The number of aromatic nitrogens is 5. The molecule has 5 rings (SSSR count). The summed E-state index contributed by atoms with van der Waals surface area (Å²) >= 11 is 1.27. The third-order valence-corrected chi connectivity index (χ3v) is 6.77. The van der Waals surface area contributed by atoms with E-state index in [1.165, 1.54) is 28.8 Å². The van der Waals surface area contributed by atoms with E-state index in [0.717, 1.165) is 12.8 Å². The molecule has 0 saturated carbocycles. The van der Waals surface area contributed by atoms with E-state index in [0.29, 0.717) is 20.9 Å². The van der Waals surface area contributed by atoms with Crippen molar-refractivity contribution in [1.82, 2.24) is 35.4 Å². The monoisotopic (exact) mass is 447 g/mol. The molecule has 0 aliphatic heterocycles. The molecule has 0 spiro atoms. The van der Waals surface area contributed by atoms with Gasteiger partial charge in [-0.1, -0.05) is 24.3 Å². The van der Waals surface area contributed by atoms with Crippen molar-refractivity contribution in [3.05, 3.63) is 69.7 Å². The Morgan fingerprint density at radius 3 is 2.59 bits per heavy atom. The fraction of sp³-hybridized carbons (Fsp3) is 0.273. The van der Waals surface area contributed by atoms with Crippen molar-refractivity contribution in [2.45, 2.75) is 31.8 Å². The van der Waals surface area contributed by atoms with Crippen LogP contribution in [0.15, 0.2) is 43.0 Å². The molecule has 10 heteroatoms. The maximum absolute atomic E-state index is 12.8. The summed E-state index contributed by atoms with van der Waals surface area (Å²) in [7, 11) is 1.76. The number of hydrogen-bond donors (Lipinski definition) is 2. The first-order valence-corrected chi connectivity index (χ1v) is 11.1. The summed E-state index contributed by atoms with van der Waals surface area (Å²) in [5.74, 6) is -0.485. The van der Waals surface area contributed by atoms with Crippen LogP contribution in [-0.2, 0) is 19.9 Å². The van der Waals surface area contributed by atoms with Gasteiger partial charge in [0.1, 0.15) is 21.9 Å². The van der Waals surface area contributed by atoms with Crippen LogP contribution >= 0.6 is 11.3 Å². The van der Waals surface area contributed by atoms with Gasteiger partial charge >= 0.3 is 0 Å². The number of nitrogens with one attached hydrogen (secondary N) is 2. The van der Waals surface area contributed by atoms with Crippen molar-refractivity contribution in [1.29, 1.82) is 0 Å². The van der Waals surface area contributed by atoms with Gasteiger partial charge < -0.3 is 10.6 Å². The van der Waals surface area contributed by atoms with Gasteiger partial charge in [0.2, 0.25) is 0 Å². The highest BCUT2D eigenvalue weighted by atomic mass is 32.1. The Hall–Kier alpha value is -3.66. The number of amides is 2. The van der Waals surface area contributed by atoms with Gasteiger partial charge in [-0.05, 0) is 30.9 Å². The fourth-order valence-corrected chi connectivity index (χ4v) is 4.80. The SMILES string of the molecule is CC(NC(=O)c1ncnc2c1cnn2C)c1ncc(C(=O)NC2Cc3ccccc3C2)s1. The van der Waals surface area contributed by atoms with Gasteiger partial charge in [-0.15, -0.1) is 11.3 Å². The molecule has 0 fully saturated rings. The van der Waals surface area contributed by atoms with Gasteiger partial charge in [0.25, 0.3) is 11.8 Å². The standard InChI is InChI=1S/C22H21N7O2S/c1-12(27-21(31)18-16-9-26-29(2)19(16)25-11-24-18)22-23-10-17(32-22)20(30)28-15-7-13-5-3-4-6-14(13)8-15/h3-6,9-12,15H,7-8H2,1-2H3,(H,27,31)(H,28,30). The Balaban J connectivity index is 1.24. The lowest BCUT2D eigenvalue weighted by molar-refractivity contribution is 0.0930. The molecule has 9 nitrogen and oxygen atoms in total. The third-order valence-electron chi connectivity index (χ3n) is 5.60. The molecule has 4 aromatic rings. The Morgan fingerprint density at radius 1 is 1.09 bits per heavy atom. The van der Waals surface area contributed by atoms with Gasteiger partial charge in [0.05, 0.1) is 23.8 Å². The van der Waals surface area contributed by atoms with Crippen molar-refractivity contribution in [3.8, 4) is 0 Å². The zero-order valence-electron chi connectivity index (χ0n) is 17.6. The maximum Gasteiger partial charge on any atom is 0.271 e. The van der Waals surface area contributed by atoms with Crippen LogP contribution in [0.3, 0.4) is 0 Å². The van der Waals surface area contributed by atoms with Gasteiger partial charge in [0.15, 0.2) is 5.65 Å². The number of carbonyl (C=O) groups excluding carboxylic acids is 2. The van der Waals surface area contributed by atoms with E-state index in [1.807, 2.05) is 19.1 Å². The molecule has 3 aromatic heterocycles. The molecule has 32 heavy (non-hydrogen) atoms. The minimum absolute atomic E-state index is 0.0854. The van der Waals surface area contributed by atoms with Gasteiger partial charge in [-0.3, -0.25) is 14.3 Å². The molecule has 1 aliphatic rings. The molecule has 1 atom stereocenters. The van der Waals surface area contributed by atoms with E-state index in [9.17, 15) is 9.59 Å². The number of rotatable bonds is 5. The molecule has 0 radical (unpaired) electrons. The summed E-state index contributed by atoms with van der Waals surface area (Å²) in [6.45, 7) is 1.83. The fourth-order valence-electron chi connectivity index (χ4n) is 3.98. The predicted molar refractivity (Wildman–Crippen MR) is 119 cm³/mol. The lowest BCUT2D eigenvalue weighted by atomic mass is 10.1. The predicted octanol–water partition coefficient (Wildman–Crippen LogP) is 2.21. The number of nitrogens with zero attached hydrogens (tertiary/aromatic N) is 5. The van der Waals surface area contributed by atoms with Crippen LogP contribution in [0.25, 0.3) is 11.0 Å². The molecular weight excluding hydrogens is 426 g/mol. The zero-order valence-corrected chi connectivity index (χ0v) is 18.4. The molecule has 0 bridgehead atoms. The first-order valence-electron chi connectivity index (χ1n) is 10.3. The van der Waals surface area contributed by atoms with Crippen LogP contribution in [0, 0.1) is 0 Å². The van der Waals surface area contributed by atoms with E-state index < -0.39 is 0 Å². The maximum atomic E-state index is 12.8. The van der Waals surface area contributed by atoms with Crippen LogP contribution in [0.1, 0.15) is 49.3 Å². The second-order valence-electron chi connectivity index (χ2n) is 7.83. The van der Waals surface area contributed by atoms with Crippen LogP contribution < -0.4 is 10.6 Å². The van der Waals surface area contributed by atoms with E-state index in [1.54, 1.807) is 24.1 Å². The second-order valence-corrected chi connectivity index (χ2v) is 8.90. The number of benzene rings is 1. The molecule has 1 aliphatic carbocycles. The molecule has 2 amide bonds. The van der Waals surface area contributed by atoms with E-state index in [4.69, 9.17) is 0 Å². The van der Waals surface area contributed by atoms with Crippen molar-refractivity contribution >= 4 is 34.2 Å². The first kappa shape index (κ1) is 20.3. The highest BCUT2D eigenvalue weighted by molar-refractivity contribution is 7.13. The molecule has 0 saturated heterocycles. The summed E-state index contributed by atoms with van der Waals surface area (Å²) in [5, 5.41) is 11.4. The van der Waals surface area contributed by atoms with Crippen molar-refractivity contribution in [3.63, 3.8) is 0 Å². The Labute approximate surface area is 187 Å². The second kappa shape index (κ2) is 8.12. The van der Waals surface area contributed by atoms with E-state index in [-0.39, 0.29) is 29.6 Å². The average molecular weight is 448 g/mol. The third kappa shape index (κ3) is 3.73. The smallest absolute Gasteiger partial charge is 0.271 e. The molecule has 1 unspecified atom stereocenters. The minimum atomic E-state index is -0.383. The summed E-state index contributed by atoms with van der Waals surface area (Å²) in [6.07, 6.45) is 6.15. The average Bonchev–Trinajstić information content (AvgIpc) is 3.51. The van der Waals surface area contributed by atoms with Crippen molar-refractivity contribution in [2.75, 3.05) is 0 Å². The van der Waals surface area contributed by atoms with Crippen molar-refractivity contribution < 1.29 is 9.59 Å². The molecule has 3 heterocycles. The summed E-state index contributed by atoms with van der Waals surface area (Å²) < 4.78 is 1.59. The summed E-state index contributed by atoms with van der Waals surface area (Å²) in [6, 6.07) is 7.96. The van der Waals surface area contributed by atoms with Crippen LogP contribution in [-0.4, -0.2) is 42.6 Å². The molecule has 1 aromatic carbocycles. The van der Waals surface area contributed by atoms with Crippen LogP contribution in [0.2, 0.25) is 0 Å². The van der Waals surface area contributed by atoms with Crippen LogP contribution in [0.4, 0.5) is 0 Å². The van der Waals surface area contributed by atoms with Gasteiger partial charge in [0, 0.05) is 13.1 Å². The summed E-state index contributed by atoms with van der Waals surface area (Å²) in [4.78, 5) is 38.7. The quantitative estimate of drug-likeness (QED) is 0.485. The highest BCUT2D eigenvalue weighted by Crippen LogP contribution is 2.24. The molecular formula is C22H21N7O2S. The number of aryl methyl sites for hydroxylation is 1. The molecule has 162 valence electrons. The van der Waals surface area contributed by atoms with E-state index in [2.05, 4.69) is 42.8 Å². The van der Waals surface area contributed by atoms with Gasteiger partial charge in [-0.25, -0.2) is 15.0 Å². The first-order chi connectivity index (χ1) is 15.5.